The van der Waals surface area contributed by atoms with Crippen LogP contribution in [0.4, 0.5) is 0 Å². The topological polar surface area (TPSA) is 78.9 Å². The molecule has 0 fully saturated rings. The van der Waals surface area contributed by atoms with Crippen LogP contribution in [0.25, 0.3) is 0 Å². The third kappa shape index (κ3) is 52.1. The summed E-state index contributed by atoms with van der Waals surface area (Å²) in [5.74, 6) is -1.06. The highest BCUT2D eigenvalue weighted by molar-refractivity contribution is 5.71. The number of allylic oxidation sites excluding steroid dienone is 24. The lowest BCUT2D eigenvalue weighted by molar-refractivity contribution is -0.167. The average Bonchev–Trinajstić information content (AvgIpc) is 3.33. The Morgan fingerprint density at radius 3 is 0.985 bits per heavy atom. The first-order chi connectivity index (χ1) is 33.0. The van der Waals surface area contributed by atoms with Crippen LogP contribution in [-0.4, -0.2) is 37.2 Å². The van der Waals surface area contributed by atoms with E-state index in [0.717, 1.165) is 122 Å². The van der Waals surface area contributed by atoms with Crippen LogP contribution >= 0.6 is 0 Å². The van der Waals surface area contributed by atoms with E-state index in [1.54, 1.807) is 0 Å². The molecule has 0 unspecified atom stereocenters. The summed E-state index contributed by atoms with van der Waals surface area (Å²) in [4.78, 5) is 38.0. The molecule has 0 saturated carbocycles. The number of carbonyl (C=O) groups is 3. The van der Waals surface area contributed by atoms with E-state index in [4.69, 9.17) is 14.2 Å². The molecule has 0 aliphatic carbocycles. The first-order valence-corrected chi connectivity index (χ1v) is 26.3. The monoisotopic (exact) mass is 923 g/mol. The van der Waals surface area contributed by atoms with Gasteiger partial charge in [-0.15, -0.1) is 0 Å². The molecule has 6 heteroatoms. The third-order valence-electron chi connectivity index (χ3n) is 10.3. The lowest BCUT2D eigenvalue weighted by Gasteiger charge is -2.18. The second kappa shape index (κ2) is 53.9. The molecule has 0 aliphatic heterocycles. The molecule has 0 radical (unpaired) electrons. The molecule has 0 aliphatic rings. The summed E-state index contributed by atoms with van der Waals surface area (Å²) in [5, 5.41) is 0. The van der Waals surface area contributed by atoms with E-state index in [0.29, 0.717) is 12.8 Å². The van der Waals surface area contributed by atoms with Crippen LogP contribution < -0.4 is 0 Å². The Balaban J connectivity index is 4.62. The molecule has 0 spiro atoms. The first-order valence-electron chi connectivity index (χ1n) is 26.3. The zero-order valence-corrected chi connectivity index (χ0v) is 42.6. The first kappa shape index (κ1) is 62.3. The normalized spacial score (nSPS) is 13.3. The molecule has 0 bridgehead atoms. The Morgan fingerprint density at radius 2 is 0.597 bits per heavy atom. The smallest absolute Gasteiger partial charge is 0.306 e. The van der Waals surface area contributed by atoms with Crippen LogP contribution in [0, 0.1) is 0 Å². The van der Waals surface area contributed by atoms with Gasteiger partial charge in [-0.1, -0.05) is 192 Å². The number of esters is 3. The minimum atomic E-state index is -0.836. The molecule has 0 N–H and O–H groups in total. The lowest BCUT2D eigenvalue weighted by atomic mass is 10.1. The molecule has 1 atom stereocenters. The number of carbonyl (C=O) groups excluding carboxylic acids is 3. The van der Waals surface area contributed by atoms with E-state index in [2.05, 4.69) is 167 Å². The summed E-state index contributed by atoms with van der Waals surface area (Å²) in [6, 6.07) is 0. The van der Waals surface area contributed by atoms with Crippen LogP contribution in [0.1, 0.15) is 201 Å². The summed E-state index contributed by atoms with van der Waals surface area (Å²) in [6.07, 6.45) is 76.9. The Hall–Kier alpha value is -4.71. The van der Waals surface area contributed by atoms with Gasteiger partial charge in [0.15, 0.2) is 6.10 Å². The Labute approximate surface area is 410 Å². The van der Waals surface area contributed by atoms with E-state index in [-0.39, 0.29) is 50.4 Å². The van der Waals surface area contributed by atoms with Crippen molar-refractivity contribution in [2.75, 3.05) is 13.2 Å². The van der Waals surface area contributed by atoms with E-state index >= 15 is 0 Å². The quantitative estimate of drug-likeness (QED) is 0.0262. The van der Waals surface area contributed by atoms with Crippen molar-refractivity contribution >= 4 is 17.9 Å². The van der Waals surface area contributed by atoms with Crippen LogP contribution in [0.3, 0.4) is 0 Å². The van der Waals surface area contributed by atoms with Crippen LogP contribution in [0.15, 0.2) is 146 Å². The molecule has 0 aromatic rings. The minimum Gasteiger partial charge on any atom is -0.462 e. The van der Waals surface area contributed by atoms with Gasteiger partial charge in [0.2, 0.25) is 0 Å². The molecule has 0 saturated heterocycles. The second-order valence-corrected chi connectivity index (χ2v) is 16.7. The van der Waals surface area contributed by atoms with Crippen LogP contribution in [0.2, 0.25) is 0 Å². The standard InChI is InChI=1S/C61H94O6/c1-4-7-10-13-16-19-22-25-28-30-33-36-39-42-45-48-51-54-60(63)66-57-58(56-65-59(62)53-50-47-44-41-38-35-32-27-24-21-18-15-12-9-6-3)67-61(64)55-52-49-46-43-40-37-34-31-29-26-23-20-17-14-11-8-5-2/h7-8,10-11,16-21,25-29,32-34,36-38,41-42,45,58H,4-6,9,12-15,22-24,30-31,35,39-40,43-44,46-57H2,1-3H3/b10-7-,11-8-,19-16-,20-17-,21-18-,28-25-,29-26-,32-27-,36-33-,37-34-,41-38-,45-42-/t58-/m0/s1. The van der Waals surface area contributed by atoms with Crippen molar-refractivity contribution in [3.63, 3.8) is 0 Å². The fourth-order valence-corrected chi connectivity index (χ4v) is 6.41. The van der Waals surface area contributed by atoms with Crippen molar-refractivity contribution in [2.45, 2.75) is 207 Å². The minimum absolute atomic E-state index is 0.132. The maximum atomic E-state index is 12.8. The van der Waals surface area contributed by atoms with Crippen molar-refractivity contribution in [3.8, 4) is 0 Å². The van der Waals surface area contributed by atoms with Gasteiger partial charge in [0.1, 0.15) is 13.2 Å². The highest BCUT2D eigenvalue weighted by atomic mass is 16.6. The number of rotatable bonds is 45. The summed E-state index contributed by atoms with van der Waals surface area (Å²) in [6.45, 7) is 6.25. The van der Waals surface area contributed by atoms with Crippen molar-refractivity contribution in [2.24, 2.45) is 0 Å². The summed E-state index contributed by atoms with van der Waals surface area (Å²) in [5.41, 5.74) is 0. The second-order valence-electron chi connectivity index (χ2n) is 16.7. The summed E-state index contributed by atoms with van der Waals surface area (Å²) >= 11 is 0. The number of hydrogen-bond donors (Lipinski definition) is 0. The van der Waals surface area contributed by atoms with Gasteiger partial charge in [0, 0.05) is 19.3 Å². The molecule has 6 nitrogen and oxygen atoms in total. The molecule has 0 aromatic carbocycles. The highest BCUT2D eigenvalue weighted by Crippen LogP contribution is 2.11. The highest BCUT2D eigenvalue weighted by Gasteiger charge is 2.19. The van der Waals surface area contributed by atoms with Crippen LogP contribution in [-0.2, 0) is 28.6 Å². The van der Waals surface area contributed by atoms with Gasteiger partial charge in [0.05, 0.1) is 0 Å². The van der Waals surface area contributed by atoms with Gasteiger partial charge in [-0.05, 0) is 135 Å². The van der Waals surface area contributed by atoms with Crippen molar-refractivity contribution in [1.82, 2.24) is 0 Å². The molecule has 0 rings (SSSR count). The van der Waals surface area contributed by atoms with Crippen molar-refractivity contribution in [1.29, 1.82) is 0 Å². The molecular weight excluding hydrogens is 829 g/mol. The lowest BCUT2D eigenvalue weighted by Crippen LogP contribution is -2.30. The zero-order chi connectivity index (χ0) is 48.6. The van der Waals surface area contributed by atoms with E-state index < -0.39 is 6.10 Å². The molecule has 67 heavy (non-hydrogen) atoms. The molecule has 0 amide bonds. The van der Waals surface area contributed by atoms with Gasteiger partial charge in [0.25, 0.3) is 0 Å². The fourth-order valence-electron chi connectivity index (χ4n) is 6.41. The maximum Gasteiger partial charge on any atom is 0.306 e. The van der Waals surface area contributed by atoms with Crippen molar-refractivity contribution < 1.29 is 28.6 Å². The predicted molar refractivity (Wildman–Crippen MR) is 288 cm³/mol. The van der Waals surface area contributed by atoms with E-state index in [9.17, 15) is 14.4 Å². The largest absolute Gasteiger partial charge is 0.462 e. The van der Waals surface area contributed by atoms with Gasteiger partial charge >= 0.3 is 17.9 Å². The third-order valence-corrected chi connectivity index (χ3v) is 10.3. The number of unbranched alkanes of at least 4 members (excludes halogenated alkanes) is 10. The number of ether oxygens (including phenoxy) is 3. The van der Waals surface area contributed by atoms with Crippen molar-refractivity contribution in [3.05, 3.63) is 146 Å². The predicted octanol–water partition coefficient (Wildman–Crippen LogP) is 17.6. The Morgan fingerprint density at radius 1 is 0.313 bits per heavy atom. The van der Waals surface area contributed by atoms with Gasteiger partial charge < -0.3 is 14.2 Å². The van der Waals surface area contributed by atoms with Gasteiger partial charge in [-0.25, -0.2) is 0 Å². The maximum absolute atomic E-state index is 12.8. The molecule has 0 heterocycles. The number of hydrogen-bond acceptors (Lipinski definition) is 6. The molecular formula is C61H94O6. The molecule has 374 valence electrons. The summed E-state index contributed by atoms with van der Waals surface area (Å²) in [7, 11) is 0. The van der Waals surface area contributed by atoms with E-state index in [1.807, 2.05) is 0 Å². The van der Waals surface area contributed by atoms with Gasteiger partial charge in [-0.3, -0.25) is 14.4 Å². The fraction of sp³-hybridized carbons (Fsp3) is 0.557. The summed E-state index contributed by atoms with van der Waals surface area (Å²) < 4.78 is 16.7. The van der Waals surface area contributed by atoms with Crippen LogP contribution in [0.5, 0.6) is 0 Å². The molecule has 0 aromatic heterocycles. The SMILES string of the molecule is CC/C=C\C/C=C\C/C=C\C/C=C\C/C=C\CCCC(=O)OC[C@H](COC(=O)CCCC/C=C\C/C=C\C/C=C\CCCCC)OC(=O)CCCCCC/C=C\C/C=C\C/C=C\C/C=C\CC. The van der Waals surface area contributed by atoms with E-state index in [1.165, 1.54) is 25.7 Å². The zero-order valence-electron chi connectivity index (χ0n) is 42.6. The Bertz CT molecular complexity index is 1530. The Kier molecular flexibility index (Phi) is 50.1. The van der Waals surface area contributed by atoms with Gasteiger partial charge in [-0.2, -0.15) is 0 Å². The average molecular weight is 923 g/mol.